The second kappa shape index (κ2) is 9.39. The lowest BCUT2D eigenvalue weighted by Gasteiger charge is -2.26. The van der Waals surface area contributed by atoms with Gasteiger partial charge in [-0.1, -0.05) is 12.1 Å². The van der Waals surface area contributed by atoms with Crippen molar-refractivity contribution < 1.29 is 14.4 Å². The number of hydrogen-bond donors (Lipinski definition) is 1. The van der Waals surface area contributed by atoms with Crippen LogP contribution in [0.5, 0.6) is 0 Å². The van der Waals surface area contributed by atoms with Crippen LogP contribution >= 0.6 is 15.9 Å². The fourth-order valence-electron chi connectivity index (χ4n) is 5.24. The molecular weight excluding hydrogens is 550 g/mol. The fourth-order valence-corrected chi connectivity index (χ4v) is 5.58. The van der Waals surface area contributed by atoms with Crippen LogP contribution in [0.15, 0.2) is 53.4 Å². The third-order valence-corrected chi connectivity index (χ3v) is 7.63. The molecule has 2 aliphatic rings. The number of nitrogens with zero attached hydrogens (tertiary/aromatic N) is 6. The molecule has 3 atom stereocenters. The first-order valence-corrected chi connectivity index (χ1v) is 13.1. The molecule has 0 bridgehead atoms. The number of ketones is 1. The summed E-state index contributed by atoms with van der Waals surface area (Å²) in [5, 5.41) is 8.01. The van der Waals surface area contributed by atoms with Crippen molar-refractivity contribution in [1.29, 1.82) is 0 Å². The maximum absolute atomic E-state index is 13.5. The number of halogens is 1. The molecule has 1 aliphatic carbocycles. The van der Waals surface area contributed by atoms with Crippen LogP contribution in [0, 0.1) is 18.8 Å². The molecule has 0 spiro atoms. The quantitative estimate of drug-likeness (QED) is 0.276. The van der Waals surface area contributed by atoms with Gasteiger partial charge in [0.25, 0.3) is 0 Å². The van der Waals surface area contributed by atoms with Gasteiger partial charge in [0.1, 0.15) is 34.5 Å². The second-order valence-corrected chi connectivity index (χ2v) is 10.6. The average molecular weight is 574 g/mol. The van der Waals surface area contributed by atoms with E-state index in [0.29, 0.717) is 45.3 Å². The number of amides is 2. The number of pyridine rings is 1. The third-order valence-electron chi connectivity index (χ3n) is 7.19. The first kappa shape index (κ1) is 24.4. The van der Waals surface area contributed by atoms with Gasteiger partial charge in [0, 0.05) is 36.8 Å². The molecule has 38 heavy (non-hydrogen) atoms. The first-order chi connectivity index (χ1) is 18.3. The van der Waals surface area contributed by atoms with E-state index in [4.69, 9.17) is 0 Å². The van der Waals surface area contributed by atoms with Crippen LogP contribution in [-0.2, 0) is 16.1 Å². The Morgan fingerprint density at radius 2 is 1.89 bits per heavy atom. The van der Waals surface area contributed by atoms with Gasteiger partial charge in [0.05, 0.1) is 5.52 Å². The summed E-state index contributed by atoms with van der Waals surface area (Å²) in [6, 6.07) is 10.3. The second-order valence-electron chi connectivity index (χ2n) is 9.80. The van der Waals surface area contributed by atoms with Gasteiger partial charge in [-0.15, -0.1) is 0 Å². The highest BCUT2D eigenvalue weighted by Gasteiger charge is 2.56. The topological polar surface area (TPSA) is 123 Å². The highest BCUT2D eigenvalue weighted by atomic mass is 79.9. The van der Waals surface area contributed by atoms with Crippen LogP contribution < -0.4 is 5.32 Å². The van der Waals surface area contributed by atoms with E-state index in [1.54, 1.807) is 40.2 Å². The lowest BCUT2D eigenvalue weighted by atomic mass is 10.0. The van der Waals surface area contributed by atoms with Crippen LogP contribution in [0.3, 0.4) is 0 Å². The molecule has 1 saturated heterocycles. The number of aryl methyl sites for hydroxylation is 1. The van der Waals surface area contributed by atoms with Gasteiger partial charge in [-0.05, 0) is 70.9 Å². The van der Waals surface area contributed by atoms with E-state index in [1.807, 2.05) is 25.1 Å². The molecule has 3 aromatic heterocycles. The molecule has 1 saturated carbocycles. The Labute approximate surface area is 226 Å². The highest BCUT2D eigenvalue weighted by Crippen LogP contribution is 2.50. The van der Waals surface area contributed by atoms with Gasteiger partial charge in [-0.2, -0.15) is 5.10 Å². The molecule has 1 aliphatic heterocycles. The lowest BCUT2D eigenvalue weighted by molar-refractivity contribution is -0.138. The SMILES string of the molecule is CC(=O)c1nn(CC(=O)N2CC3CC3C2C(=O)Nc2cccc(Br)n2)c2ccc(-c3cnc(C)nc3)cc12. The third kappa shape index (κ3) is 4.47. The monoisotopic (exact) mass is 573 g/mol. The van der Waals surface area contributed by atoms with Gasteiger partial charge in [-0.3, -0.25) is 19.1 Å². The summed E-state index contributed by atoms with van der Waals surface area (Å²) in [5.41, 5.74) is 2.63. The smallest absolute Gasteiger partial charge is 0.248 e. The Kier molecular flexibility index (Phi) is 6.02. The number of aromatic nitrogens is 5. The highest BCUT2D eigenvalue weighted by molar-refractivity contribution is 9.10. The van der Waals surface area contributed by atoms with Crippen LogP contribution in [0.4, 0.5) is 5.82 Å². The maximum Gasteiger partial charge on any atom is 0.248 e. The molecule has 2 fully saturated rings. The number of carbonyl (C=O) groups excluding carboxylic acids is 3. The number of likely N-dealkylation sites (tertiary alicyclic amines) is 1. The Hall–Kier alpha value is -3.99. The molecule has 11 heteroatoms. The molecule has 6 rings (SSSR count). The Morgan fingerprint density at radius 3 is 2.63 bits per heavy atom. The van der Waals surface area contributed by atoms with E-state index in [1.165, 1.54) is 6.92 Å². The number of hydrogen-bond acceptors (Lipinski definition) is 7. The summed E-state index contributed by atoms with van der Waals surface area (Å²) in [7, 11) is 0. The average Bonchev–Trinajstić information content (AvgIpc) is 3.39. The fraction of sp³-hybridized carbons (Fsp3) is 0.296. The summed E-state index contributed by atoms with van der Waals surface area (Å²) in [6.45, 7) is 3.73. The van der Waals surface area contributed by atoms with E-state index in [9.17, 15) is 14.4 Å². The molecular formula is C27H24BrN7O3. The van der Waals surface area contributed by atoms with Crippen molar-refractivity contribution in [2.75, 3.05) is 11.9 Å². The minimum Gasteiger partial charge on any atom is -0.328 e. The van der Waals surface area contributed by atoms with Crippen LogP contribution in [-0.4, -0.2) is 59.8 Å². The van der Waals surface area contributed by atoms with Crippen molar-refractivity contribution in [3.05, 3.63) is 64.9 Å². The molecule has 192 valence electrons. The van der Waals surface area contributed by atoms with Crippen molar-refractivity contribution in [3.63, 3.8) is 0 Å². The molecule has 3 unspecified atom stereocenters. The molecule has 4 heterocycles. The van der Waals surface area contributed by atoms with Crippen molar-refractivity contribution in [2.45, 2.75) is 32.9 Å². The summed E-state index contributed by atoms with van der Waals surface area (Å²) in [6.07, 6.45) is 4.40. The van der Waals surface area contributed by atoms with E-state index >= 15 is 0 Å². The number of benzene rings is 1. The zero-order valence-corrected chi connectivity index (χ0v) is 22.3. The molecule has 2 amide bonds. The normalized spacial score (nSPS) is 19.9. The summed E-state index contributed by atoms with van der Waals surface area (Å²) in [4.78, 5) is 53.6. The summed E-state index contributed by atoms with van der Waals surface area (Å²) in [5.74, 6) is 0.924. The van der Waals surface area contributed by atoms with Crippen molar-refractivity contribution in [1.82, 2.24) is 29.6 Å². The van der Waals surface area contributed by atoms with Crippen molar-refractivity contribution >= 4 is 50.2 Å². The minimum absolute atomic E-state index is 0.0743. The maximum atomic E-state index is 13.5. The van der Waals surface area contributed by atoms with Crippen LogP contribution in [0.1, 0.15) is 29.7 Å². The minimum atomic E-state index is -0.560. The van der Waals surface area contributed by atoms with E-state index in [2.05, 4.69) is 41.3 Å². The zero-order valence-electron chi connectivity index (χ0n) is 20.8. The molecule has 0 radical (unpaired) electrons. The predicted molar refractivity (Wildman–Crippen MR) is 143 cm³/mol. The predicted octanol–water partition coefficient (Wildman–Crippen LogP) is 3.65. The number of anilines is 1. The van der Waals surface area contributed by atoms with Gasteiger partial charge >= 0.3 is 0 Å². The van der Waals surface area contributed by atoms with Crippen molar-refractivity contribution in [3.8, 4) is 11.1 Å². The number of nitrogens with one attached hydrogen (secondary N) is 1. The number of carbonyl (C=O) groups is 3. The van der Waals surface area contributed by atoms with Gasteiger partial charge < -0.3 is 10.2 Å². The van der Waals surface area contributed by atoms with Crippen LogP contribution in [0.2, 0.25) is 0 Å². The lowest BCUT2D eigenvalue weighted by Crippen LogP contribution is -2.47. The zero-order chi connectivity index (χ0) is 26.6. The van der Waals surface area contributed by atoms with Gasteiger partial charge in [0.15, 0.2) is 5.78 Å². The first-order valence-electron chi connectivity index (χ1n) is 12.3. The number of rotatable bonds is 6. The Bertz CT molecular complexity index is 1600. The Morgan fingerprint density at radius 1 is 1.11 bits per heavy atom. The van der Waals surface area contributed by atoms with Crippen LogP contribution in [0.25, 0.3) is 22.0 Å². The molecule has 1 N–H and O–H groups in total. The molecule has 1 aromatic carbocycles. The van der Waals surface area contributed by atoms with Gasteiger partial charge in [-0.25, -0.2) is 15.0 Å². The number of piperidine rings is 1. The van der Waals surface area contributed by atoms with E-state index < -0.39 is 6.04 Å². The standard InChI is InChI=1S/C27H24BrN7O3/c1-14(36)25-20-8-16(18-10-29-15(2)30-11-18)6-7-21(20)35(33-25)13-24(37)34-12-17-9-19(17)26(34)27(38)32-23-5-3-4-22(28)31-23/h3-8,10-11,17,19,26H,9,12-13H2,1-2H3,(H,31,32,38). The van der Waals surface area contributed by atoms with E-state index in [-0.39, 0.29) is 30.1 Å². The van der Waals surface area contributed by atoms with E-state index in [0.717, 1.165) is 17.5 Å². The Balaban J connectivity index is 1.26. The largest absolute Gasteiger partial charge is 0.328 e. The molecule has 4 aromatic rings. The van der Waals surface area contributed by atoms with Gasteiger partial charge in [0.2, 0.25) is 11.8 Å². The number of Topliss-reactive ketones (excluding diaryl/α,β-unsaturated/α-hetero) is 1. The van der Waals surface area contributed by atoms with Crippen molar-refractivity contribution in [2.24, 2.45) is 11.8 Å². The summed E-state index contributed by atoms with van der Waals surface area (Å²) < 4.78 is 2.17. The molecule has 10 nitrogen and oxygen atoms in total. The summed E-state index contributed by atoms with van der Waals surface area (Å²) >= 11 is 3.31. The number of fused-ring (bicyclic) bond motifs is 2.